The van der Waals surface area contributed by atoms with Gasteiger partial charge in [0.25, 0.3) is 0 Å². The van der Waals surface area contributed by atoms with Crippen molar-refractivity contribution in [3.05, 3.63) is 0 Å². The van der Waals surface area contributed by atoms with E-state index in [1.165, 1.54) is 0 Å². The molecule has 4 N–H and O–H groups in total. The highest BCUT2D eigenvalue weighted by Crippen LogP contribution is 2.24. The third kappa shape index (κ3) is 9.40. The van der Waals surface area contributed by atoms with Crippen LogP contribution < -0.4 is 11.5 Å². The van der Waals surface area contributed by atoms with E-state index in [0.717, 1.165) is 51.4 Å². The molecule has 8 heteroatoms. The average molecular weight is 415 g/mol. The van der Waals surface area contributed by atoms with Crippen molar-refractivity contribution in [1.82, 2.24) is 0 Å². The van der Waals surface area contributed by atoms with Crippen molar-refractivity contribution in [2.75, 3.05) is 13.2 Å². The van der Waals surface area contributed by atoms with Crippen molar-refractivity contribution >= 4 is 36.8 Å². The van der Waals surface area contributed by atoms with Crippen LogP contribution in [-0.2, 0) is 19.1 Å². The Kier molecular flexibility index (Phi) is 16.5. The second-order valence-corrected chi connectivity index (χ2v) is 6.61. The SMILES string of the molecule is CCOC(=O)C1CCCC[C@H]1N.CCOC(=O)[C@@H]1CCCC[C@@H]1N.Cl.Cl. The minimum atomic E-state index is -0.107. The molecule has 0 bridgehead atoms. The van der Waals surface area contributed by atoms with Crippen molar-refractivity contribution in [3.63, 3.8) is 0 Å². The van der Waals surface area contributed by atoms with Gasteiger partial charge in [-0.1, -0.05) is 25.7 Å². The minimum Gasteiger partial charge on any atom is -0.466 e. The van der Waals surface area contributed by atoms with Gasteiger partial charge in [0.05, 0.1) is 25.0 Å². The average Bonchev–Trinajstić information content (AvgIpc) is 2.56. The number of nitrogens with two attached hydrogens (primary N) is 2. The molecule has 0 amide bonds. The summed E-state index contributed by atoms with van der Waals surface area (Å²) >= 11 is 0. The second kappa shape index (κ2) is 15.5. The topological polar surface area (TPSA) is 105 Å². The van der Waals surface area contributed by atoms with Gasteiger partial charge < -0.3 is 20.9 Å². The van der Waals surface area contributed by atoms with E-state index in [2.05, 4.69) is 0 Å². The fraction of sp³-hybridized carbons (Fsp3) is 0.889. The van der Waals surface area contributed by atoms with Crippen molar-refractivity contribution < 1.29 is 19.1 Å². The standard InChI is InChI=1S/2C9H17NO2.2ClH/c2*1-2-12-9(11)7-5-3-4-6-8(7)10;;/h2*7-8H,2-6,10H2,1H3;2*1H/t7?,8-;7-,8+;;/m11../s1. The van der Waals surface area contributed by atoms with Crippen LogP contribution in [0.4, 0.5) is 0 Å². The summed E-state index contributed by atoms with van der Waals surface area (Å²) in [7, 11) is 0. The number of hydrogen-bond acceptors (Lipinski definition) is 6. The van der Waals surface area contributed by atoms with E-state index in [4.69, 9.17) is 20.9 Å². The Morgan fingerprint density at radius 2 is 1.04 bits per heavy atom. The van der Waals surface area contributed by atoms with Gasteiger partial charge in [0.1, 0.15) is 0 Å². The Balaban J connectivity index is 0. The molecule has 26 heavy (non-hydrogen) atoms. The Hall–Kier alpha value is -0.560. The number of rotatable bonds is 4. The molecule has 0 heterocycles. The zero-order valence-corrected chi connectivity index (χ0v) is 17.6. The zero-order valence-electron chi connectivity index (χ0n) is 16.0. The number of halogens is 2. The first-order valence-corrected chi connectivity index (χ1v) is 9.35. The first-order chi connectivity index (χ1) is 11.5. The summed E-state index contributed by atoms with van der Waals surface area (Å²) < 4.78 is 9.87. The molecule has 1 unspecified atom stereocenters. The summed E-state index contributed by atoms with van der Waals surface area (Å²) in [5, 5.41) is 0. The number of ether oxygens (including phenoxy) is 2. The van der Waals surface area contributed by atoms with Crippen LogP contribution in [0.1, 0.15) is 65.2 Å². The smallest absolute Gasteiger partial charge is 0.310 e. The summed E-state index contributed by atoms with van der Waals surface area (Å²) in [5.41, 5.74) is 11.6. The van der Waals surface area contributed by atoms with E-state index in [1.54, 1.807) is 0 Å². The Morgan fingerprint density at radius 1 is 0.731 bits per heavy atom. The maximum Gasteiger partial charge on any atom is 0.310 e. The first kappa shape index (κ1) is 27.7. The molecular weight excluding hydrogens is 379 g/mol. The lowest BCUT2D eigenvalue weighted by atomic mass is 9.85. The molecule has 0 aromatic carbocycles. The minimum absolute atomic E-state index is 0. The highest BCUT2D eigenvalue weighted by Gasteiger charge is 2.29. The summed E-state index contributed by atoms with van der Waals surface area (Å²) in [4.78, 5) is 22.6. The highest BCUT2D eigenvalue weighted by atomic mass is 35.5. The van der Waals surface area contributed by atoms with Gasteiger partial charge in [-0.3, -0.25) is 9.59 Å². The molecule has 0 spiro atoms. The Labute approximate surface area is 169 Å². The lowest BCUT2D eigenvalue weighted by molar-refractivity contribution is -0.150. The molecule has 0 saturated heterocycles. The second-order valence-electron chi connectivity index (χ2n) is 6.61. The van der Waals surface area contributed by atoms with Crippen LogP contribution in [0.5, 0.6) is 0 Å². The fourth-order valence-electron chi connectivity index (χ4n) is 3.40. The molecule has 6 nitrogen and oxygen atoms in total. The van der Waals surface area contributed by atoms with Crippen molar-refractivity contribution in [3.8, 4) is 0 Å². The summed E-state index contributed by atoms with van der Waals surface area (Å²) in [6.07, 6.45) is 8.25. The van der Waals surface area contributed by atoms with Crippen LogP contribution in [0.15, 0.2) is 0 Å². The zero-order chi connectivity index (χ0) is 17.9. The van der Waals surface area contributed by atoms with Gasteiger partial charge in [-0.25, -0.2) is 0 Å². The number of carbonyl (C=O) groups excluding carboxylic acids is 2. The van der Waals surface area contributed by atoms with Crippen molar-refractivity contribution in [2.45, 2.75) is 77.3 Å². The lowest BCUT2D eigenvalue weighted by Crippen LogP contribution is -2.38. The molecule has 2 saturated carbocycles. The van der Waals surface area contributed by atoms with E-state index in [0.29, 0.717) is 13.2 Å². The van der Waals surface area contributed by atoms with E-state index < -0.39 is 0 Å². The van der Waals surface area contributed by atoms with Crippen LogP contribution in [0.3, 0.4) is 0 Å². The Bertz CT molecular complexity index is 363. The molecule has 4 atom stereocenters. The van der Waals surface area contributed by atoms with Crippen LogP contribution in [0, 0.1) is 11.8 Å². The summed E-state index contributed by atoms with van der Waals surface area (Å²) in [5.74, 6) is -0.299. The van der Waals surface area contributed by atoms with Crippen LogP contribution in [-0.4, -0.2) is 37.2 Å². The Morgan fingerprint density at radius 3 is 1.31 bits per heavy atom. The normalized spacial score (nSPS) is 27.5. The van der Waals surface area contributed by atoms with Crippen LogP contribution in [0.25, 0.3) is 0 Å². The molecule has 0 aromatic rings. The number of esters is 2. The van der Waals surface area contributed by atoms with Gasteiger partial charge >= 0.3 is 11.9 Å². The van der Waals surface area contributed by atoms with Crippen molar-refractivity contribution in [2.24, 2.45) is 23.3 Å². The highest BCUT2D eigenvalue weighted by molar-refractivity contribution is 5.85. The maximum atomic E-state index is 11.3. The van der Waals surface area contributed by atoms with Gasteiger partial charge in [0.2, 0.25) is 0 Å². The molecule has 2 aliphatic carbocycles. The predicted octanol–water partition coefficient (Wildman–Crippen LogP) is 2.98. The van der Waals surface area contributed by atoms with Crippen molar-refractivity contribution in [1.29, 1.82) is 0 Å². The predicted molar refractivity (Wildman–Crippen MR) is 108 cm³/mol. The van der Waals surface area contributed by atoms with Gasteiger partial charge in [-0.2, -0.15) is 0 Å². The van der Waals surface area contributed by atoms with Gasteiger partial charge in [0.15, 0.2) is 0 Å². The number of carbonyl (C=O) groups is 2. The van der Waals surface area contributed by atoms with Crippen LogP contribution in [0.2, 0.25) is 0 Å². The molecular formula is C18H36Cl2N2O4. The van der Waals surface area contributed by atoms with Gasteiger partial charge in [-0.05, 0) is 39.5 Å². The van der Waals surface area contributed by atoms with Gasteiger partial charge in [-0.15, -0.1) is 24.8 Å². The van der Waals surface area contributed by atoms with E-state index in [9.17, 15) is 9.59 Å². The van der Waals surface area contributed by atoms with Gasteiger partial charge in [0, 0.05) is 12.1 Å². The molecule has 0 radical (unpaired) electrons. The monoisotopic (exact) mass is 414 g/mol. The quantitative estimate of drug-likeness (QED) is 0.684. The molecule has 0 aliphatic heterocycles. The molecule has 2 rings (SSSR count). The van der Waals surface area contributed by atoms with E-state index >= 15 is 0 Å². The van der Waals surface area contributed by atoms with E-state index in [1.807, 2.05) is 13.8 Å². The lowest BCUT2D eigenvalue weighted by Gasteiger charge is -2.26. The third-order valence-corrected chi connectivity index (χ3v) is 4.82. The summed E-state index contributed by atoms with van der Waals surface area (Å²) in [6.45, 7) is 4.57. The molecule has 2 aliphatic rings. The fourth-order valence-corrected chi connectivity index (χ4v) is 3.40. The van der Waals surface area contributed by atoms with Crippen LogP contribution >= 0.6 is 24.8 Å². The molecule has 0 aromatic heterocycles. The maximum absolute atomic E-state index is 11.3. The molecule has 156 valence electrons. The first-order valence-electron chi connectivity index (χ1n) is 9.35. The largest absolute Gasteiger partial charge is 0.466 e. The van der Waals surface area contributed by atoms with E-state index in [-0.39, 0.29) is 60.7 Å². The number of hydrogen-bond donors (Lipinski definition) is 2. The summed E-state index contributed by atoms with van der Waals surface area (Å²) in [6, 6.07) is 0.0515. The third-order valence-electron chi connectivity index (χ3n) is 4.82. The molecule has 2 fully saturated rings.